The molecule has 0 radical (unpaired) electrons. The molecule has 0 unspecified atom stereocenters. The van der Waals surface area contributed by atoms with E-state index in [0.29, 0.717) is 0 Å². The molecule has 60 heavy (non-hydrogen) atoms. The van der Waals surface area contributed by atoms with Crippen molar-refractivity contribution in [1.29, 1.82) is 0 Å². The Labute approximate surface area is 350 Å². The third-order valence-corrected chi connectivity index (χ3v) is 11.8. The van der Waals surface area contributed by atoms with Gasteiger partial charge in [-0.3, -0.25) is 0 Å². The zero-order chi connectivity index (χ0) is 39.8. The fourth-order valence-corrected chi connectivity index (χ4v) is 8.79. The van der Waals surface area contributed by atoms with E-state index in [2.05, 4.69) is 252 Å². The van der Waals surface area contributed by atoms with Crippen molar-refractivity contribution in [2.24, 2.45) is 0 Å². The number of anilines is 3. The van der Waals surface area contributed by atoms with Crippen molar-refractivity contribution in [2.75, 3.05) is 4.90 Å². The van der Waals surface area contributed by atoms with Gasteiger partial charge in [-0.05, 0) is 110 Å². The lowest BCUT2D eigenvalue weighted by Crippen LogP contribution is -2.09. The smallest absolute Gasteiger partial charge is 0.0547 e. The van der Waals surface area contributed by atoms with E-state index in [0.717, 1.165) is 28.3 Å². The van der Waals surface area contributed by atoms with E-state index < -0.39 is 0 Å². The predicted octanol–water partition coefficient (Wildman–Crippen LogP) is 16.1. The highest BCUT2D eigenvalue weighted by molar-refractivity contribution is 6.10. The summed E-state index contributed by atoms with van der Waals surface area (Å²) in [5, 5.41) is 5.02. The van der Waals surface area contributed by atoms with E-state index in [4.69, 9.17) is 0 Å². The van der Waals surface area contributed by atoms with Gasteiger partial charge in [0, 0.05) is 33.4 Å². The van der Waals surface area contributed by atoms with Crippen LogP contribution in [0.3, 0.4) is 0 Å². The van der Waals surface area contributed by atoms with E-state index in [9.17, 15) is 0 Å². The second kappa shape index (κ2) is 15.1. The number of benzene rings is 10. The Morgan fingerprint density at radius 2 is 0.733 bits per heavy atom. The molecule has 0 atom stereocenters. The van der Waals surface area contributed by atoms with Gasteiger partial charge in [0.05, 0.1) is 16.7 Å². The van der Waals surface area contributed by atoms with Crippen molar-refractivity contribution < 1.29 is 0 Å². The zero-order valence-electron chi connectivity index (χ0n) is 33.0. The summed E-state index contributed by atoms with van der Waals surface area (Å²) in [6.45, 7) is 0. The Balaban J connectivity index is 0.932. The number of nitrogens with zero attached hydrogens (tertiary/aromatic N) is 2. The van der Waals surface area contributed by atoms with Crippen LogP contribution in [-0.2, 0) is 0 Å². The molecular formula is C58H40N2. The molecule has 0 fully saturated rings. The monoisotopic (exact) mass is 764 g/mol. The van der Waals surface area contributed by atoms with Crippen molar-refractivity contribution in [2.45, 2.75) is 0 Å². The van der Waals surface area contributed by atoms with Crippen LogP contribution >= 0.6 is 0 Å². The summed E-state index contributed by atoms with van der Waals surface area (Å²) in [5.74, 6) is 0. The molecule has 0 aliphatic rings. The first-order chi connectivity index (χ1) is 29.7. The standard InChI is InChI=1S/C58H40N2/c1-3-13-41(14-4-1)49-33-38-55-54-20-10-12-22-57(54)60(58(55)40-49)56-21-11-9-19-53(56)46-31-36-52(37-32-46)59(50-17-5-2-6-18-50)51-34-29-44(30-35-51)43-23-25-45(26-24-43)48-28-27-42-15-7-8-16-47(42)39-48/h1-40H. The van der Waals surface area contributed by atoms with E-state index in [1.807, 2.05) is 0 Å². The van der Waals surface area contributed by atoms with Gasteiger partial charge in [-0.15, -0.1) is 0 Å². The number of rotatable bonds is 8. The minimum atomic E-state index is 1.10. The number of hydrogen-bond donors (Lipinski definition) is 0. The zero-order valence-corrected chi connectivity index (χ0v) is 33.0. The van der Waals surface area contributed by atoms with Crippen molar-refractivity contribution in [3.63, 3.8) is 0 Å². The largest absolute Gasteiger partial charge is 0.311 e. The minimum absolute atomic E-state index is 1.10. The highest BCUT2D eigenvalue weighted by Gasteiger charge is 2.18. The lowest BCUT2D eigenvalue weighted by atomic mass is 9.98. The Bertz CT molecular complexity index is 3270. The summed E-state index contributed by atoms with van der Waals surface area (Å²) < 4.78 is 2.44. The molecule has 11 aromatic rings. The topological polar surface area (TPSA) is 8.17 Å². The molecule has 0 spiro atoms. The maximum absolute atomic E-state index is 2.44. The van der Waals surface area contributed by atoms with Crippen molar-refractivity contribution in [1.82, 2.24) is 4.57 Å². The van der Waals surface area contributed by atoms with Crippen LogP contribution in [0.1, 0.15) is 0 Å². The first-order valence-corrected chi connectivity index (χ1v) is 20.6. The van der Waals surface area contributed by atoms with Gasteiger partial charge in [0.15, 0.2) is 0 Å². The van der Waals surface area contributed by atoms with Gasteiger partial charge in [0.25, 0.3) is 0 Å². The van der Waals surface area contributed by atoms with Crippen molar-refractivity contribution >= 4 is 49.6 Å². The highest BCUT2D eigenvalue weighted by atomic mass is 15.1. The first-order valence-electron chi connectivity index (χ1n) is 20.6. The summed E-state index contributed by atoms with van der Waals surface area (Å²) >= 11 is 0. The number of fused-ring (bicyclic) bond motifs is 4. The van der Waals surface area contributed by atoms with Crippen molar-refractivity contribution in [3.05, 3.63) is 243 Å². The second-order valence-electron chi connectivity index (χ2n) is 15.4. The van der Waals surface area contributed by atoms with Gasteiger partial charge >= 0.3 is 0 Å². The summed E-state index contributed by atoms with van der Waals surface area (Å²) in [6, 6.07) is 87.8. The molecule has 10 aromatic carbocycles. The molecule has 0 amide bonds. The first kappa shape index (κ1) is 35.2. The van der Waals surface area contributed by atoms with Crippen LogP contribution in [0.5, 0.6) is 0 Å². The van der Waals surface area contributed by atoms with Gasteiger partial charge in [0.1, 0.15) is 0 Å². The normalized spacial score (nSPS) is 11.3. The highest BCUT2D eigenvalue weighted by Crippen LogP contribution is 2.40. The van der Waals surface area contributed by atoms with Gasteiger partial charge in [-0.25, -0.2) is 0 Å². The summed E-state index contributed by atoms with van der Waals surface area (Å²) in [4.78, 5) is 2.33. The second-order valence-corrected chi connectivity index (χ2v) is 15.4. The quantitative estimate of drug-likeness (QED) is 0.150. The minimum Gasteiger partial charge on any atom is -0.311 e. The molecule has 1 heterocycles. The molecule has 2 nitrogen and oxygen atoms in total. The van der Waals surface area contributed by atoms with E-state index in [1.165, 1.54) is 71.5 Å². The number of aromatic nitrogens is 1. The van der Waals surface area contributed by atoms with Gasteiger partial charge in [-0.1, -0.05) is 182 Å². The molecule has 0 bridgehead atoms. The van der Waals surface area contributed by atoms with Crippen LogP contribution in [0.2, 0.25) is 0 Å². The summed E-state index contributed by atoms with van der Waals surface area (Å²) in [6.07, 6.45) is 0. The van der Waals surface area contributed by atoms with Crippen LogP contribution < -0.4 is 4.90 Å². The molecule has 2 heteroatoms. The van der Waals surface area contributed by atoms with Crippen LogP contribution in [-0.4, -0.2) is 4.57 Å². The molecule has 0 aliphatic carbocycles. The Hall–Kier alpha value is -7.94. The van der Waals surface area contributed by atoms with Crippen LogP contribution in [0.4, 0.5) is 17.1 Å². The molecule has 0 aliphatic heterocycles. The van der Waals surface area contributed by atoms with Gasteiger partial charge in [0.2, 0.25) is 0 Å². The summed E-state index contributed by atoms with van der Waals surface area (Å²) in [5.41, 5.74) is 16.4. The predicted molar refractivity (Wildman–Crippen MR) is 255 cm³/mol. The average Bonchev–Trinajstić information content (AvgIpc) is 3.66. The number of para-hydroxylation sites is 3. The van der Waals surface area contributed by atoms with E-state index >= 15 is 0 Å². The molecule has 1 aromatic heterocycles. The molecule has 0 saturated carbocycles. The van der Waals surface area contributed by atoms with Crippen LogP contribution in [0, 0.1) is 0 Å². The third kappa shape index (κ3) is 6.41. The molecule has 11 rings (SSSR count). The molecule has 282 valence electrons. The Morgan fingerprint density at radius 3 is 1.47 bits per heavy atom. The molecule has 0 N–H and O–H groups in total. The maximum Gasteiger partial charge on any atom is 0.0547 e. The van der Waals surface area contributed by atoms with Crippen LogP contribution in [0.15, 0.2) is 243 Å². The molecular weight excluding hydrogens is 725 g/mol. The van der Waals surface area contributed by atoms with Gasteiger partial charge in [-0.2, -0.15) is 0 Å². The third-order valence-electron chi connectivity index (χ3n) is 11.8. The maximum atomic E-state index is 2.44. The fraction of sp³-hybridized carbons (Fsp3) is 0. The lowest BCUT2D eigenvalue weighted by Gasteiger charge is -2.26. The Morgan fingerprint density at radius 1 is 0.267 bits per heavy atom. The summed E-state index contributed by atoms with van der Waals surface area (Å²) in [7, 11) is 0. The SMILES string of the molecule is c1ccc(-c2ccc3c4ccccc4n(-c4ccccc4-c4ccc(N(c5ccccc5)c5ccc(-c6ccc(-c7ccc8ccccc8c7)cc6)cc5)cc4)c3c2)cc1. The Kier molecular flexibility index (Phi) is 8.87. The van der Waals surface area contributed by atoms with Gasteiger partial charge < -0.3 is 9.47 Å². The fourth-order valence-electron chi connectivity index (χ4n) is 8.79. The van der Waals surface area contributed by atoms with E-state index in [1.54, 1.807) is 0 Å². The number of hydrogen-bond acceptors (Lipinski definition) is 1. The molecule has 0 saturated heterocycles. The lowest BCUT2D eigenvalue weighted by molar-refractivity contribution is 1.18. The van der Waals surface area contributed by atoms with Crippen molar-refractivity contribution in [3.8, 4) is 50.2 Å². The average molecular weight is 765 g/mol. The van der Waals surface area contributed by atoms with Crippen LogP contribution in [0.25, 0.3) is 82.8 Å². The van der Waals surface area contributed by atoms with E-state index in [-0.39, 0.29) is 0 Å².